The van der Waals surface area contributed by atoms with Gasteiger partial charge in [-0.3, -0.25) is 4.99 Å². The molecule has 0 radical (unpaired) electrons. The Hall–Kier alpha value is -2.79. The van der Waals surface area contributed by atoms with Crippen LogP contribution in [0.15, 0.2) is 77.7 Å². The summed E-state index contributed by atoms with van der Waals surface area (Å²) in [7, 11) is 0. The topological polar surface area (TPSA) is 37.5 Å². The van der Waals surface area contributed by atoms with Crippen LogP contribution in [0.2, 0.25) is 15.1 Å². The molecular weight excluding hydrogens is 506 g/mol. The van der Waals surface area contributed by atoms with Crippen LogP contribution < -0.4 is 0 Å². The summed E-state index contributed by atoms with van der Waals surface area (Å²) in [5.41, 5.74) is 3.70. The summed E-state index contributed by atoms with van der Waals surface area (Å²) < 4.78 is 17.4. The fourth-order valence-corrected chi connectivity index (χ4v) is 5.41. The Labute approximate surface area is 219 Å². The normalized spacial score (nSPS) is 14.3. The van der Waals surface area contributed by atoms with E-state index in [1.807, 2.05) is 35.9 Å². The van der Waals surface area contributed by atoms with Gasteiger partial charge in [-0.05, 0) is 61.7 Å². The smallest absolute Gasteiger partial charge is 0.129 e. The molecule has 4 rings (SSSR count). The highest BCUT2D eigenvalue weighted by molar-refractivity contribution is 6.44. The second kappa shape index (κ2) is 9.34. The molecule has 3 aromatic rings. The van der Waals surface area contributed by atoms with Crippen molar-refractivity contribution in [1.82, 2.24) is 4.57 Å². The number of benzene rings is 2. The summed E-state index contributed by atoms with van der Waals surface area (Å²) in [6, 6.07) is 9.01. The average Bonchev–Trinajstić information content (AvgIpc) is 3.33. The van der Waals surface area contributed by atoms with Crippen LogP contribution in [0.25, 0.3) is 22.7 Å². The van der Waals surface area contributed by atoms with Gasteiger partial charge in [0.05, 0.1) is 27.8 Å². The SMILES string of the molecule is C=C(O)/C=C/c1cccc2c1c(C)cn2C(=C)C1=C(C(C)(C)F)CN=C1c1c(Cl)cc(Cl)cc1Cl. The van der Waals surface area contributed by atoms with Gasteiger partial charge in [0, 0.05) is 33.4 Å². The molecule has 0 spiro atoms. The van der Waals surface area contributed by atoms with Crippen molar-refractivity contribution in [3.8, 4) is 0 Å². The molecule has 1 aliphatic heterocycles. The number of nitrogens with zero attached hydrogens (tertiary/aromatic N) is 2. The summed E-state index contributed by atoms with van der Waals surface area (Å²) in [5.74, 6) is -0.0352. The summed E-state index contributed by atoms with van der Waals surface area (Å²) in [6.07, 6.45) is 5.30. The number of rotatable bonds is 6. The van der Waals surface area contributed by atoms with E-state index in [1.165, 1.54) is 13.8 Å². The van der Waals surface area contributed by atoms with E-state index in [9.17, 15) is 5.11 Å². The molecule has 0 atom stereocenters. The first-order valence-electron chi connectivity index (χ1n) is 10.9. The number of hydrogen-bond acceptors (Lipinski definition) is 2. The number of aryl methyl sites for hydroxylation is 1. The van der Waals surface area contributed by atoms with Gasteiger partial charge in [-0.2, -0.15) is 0 Å². The number of aliphatic hydroxyl groups excluding tert-OH is 1. The molecule has 0 unspecified atom stereocenters. The van der Waals surface area contributed by atoms with E-state index in [4.69, 9.17) is 34.8 Å². The van der Waals surface area contributed by atoms with E-state index in [0.717, 1.165) is 22.0 Å². The summed E-state index contributed by atoms with van der Waals surface area (Å²) in [5, 5.41) is 11.5. The highest BCUT2D eigenvalue weighted by atomic mass is 35.5. The quantitative estimate of drug-likeness (QED) is 0.251. The molecule has 2 aromatic carbocycles. The Morgan fingerprint density at radius 2 is 1.83 bits per heavy atom. The molecule has 0 amide bonds. The Morgan fingerprint density at radius 3 is 2.43 bits per heavy atom. The molecule has 7 heteroatoms. The number of hydrogen-bond donors (Lipinski definition) is 1. The lowest BCUT2D eigenvalue weighted by Crippen LogP contribution is -2.21. The minimum atomic E-state index is -1.65. The second-order valence-corrected chi connectivity index (χ2v) is 10.2. The van der Waals surface area contributed by atoms with Gasteiger partial charge >= 0.3 is 0 Å². The number of alkyl halides is 1. The van der Waals surface area contributed by atoms with Gasteiger partial charge in [0.1, 0.15) is 11.4 Å². The van der Waals surface area contributed by atoms with Crippen molar-refractivity contribution in [2.24, 2.45) is 4.99 Å². The fourth-order valence-electron chi connectivity index (χ4n) is 4.41. The highest BCUT2D eigenvalue weighted by Crippen LogP contribution is 2.41. The zero-order chi connectivity index (χ0) is 25.7. The van der Waals surface area contributed by atoms with Crippen LogP contribution in [0.4, 0.5) is 4.39 Å². The summed E-state index contributed by atoms with van der Waals surface area (Å²) in [6.45, 7) is 13.0. The maximum atomic E-state index is 15.4. The van der Waals surface area contributed by atoms with Crippen LogP contribution in [0.3, 0.4) is 0 Å². The Balaban J connectivity index is 1.94. The van der Waals surface area contributed by atoms with Gasteiger partial charge in [-0.1, -0.05) is 66.2 Å². The number of halogens is 4. The predicted molar refractivity (Wildman–Crippen MR) is 148 cm³/mol. The number of aliphatic imine (C=N–C) groups is 1. The Morgan fingerprint density at radius 1 is 1.17 bits per heavy atom. The first-order chi connectivity index (χ1) is 16.4. The van der Waals surface area contributed by atoms with E-state index in [1.54, 1.807) is 24.3 Å². The number of aliphatic hydroxyl groups is 1. The maximum absolute atomic E-state index is 15.4. The molecule has 1 aliphatic rings. The summed E-state index contributed by atoms with van der Waals surface area (Å²) >= 11 is 19.2. The average molecular weight is 530 g/mol. The van der Waals surface area contributed by atoms with E-state index in [2.05, 4.69) is 18.2 Å². The Kier molecular flexibility index (Phi) is 6.76. The van der Waals surface area contributed by atoms with Crippen molar-refractivity contribution < 1.29 is 9.50 Å². The molecule has 0 aliphatic carbocycles. The fraction of sp³-hybridized carbons (Fsp3) is 0.179. The molecule has 0 fully saturated rings. The van der Waals surface area contributed by atoms with E-state index in [-0.39, 0.29) is 12.3 Å². The van der Waals surface area contributed by atoms with E-state index in [0.29, 0.717) is 43.2 Å². The molecule has 180 valence electrons. The second-order valence-electron chi connectivity index (χ2n) is 8.93. The molecule has 3 nitrogen and oxygen atoms in total. The van der Waals surface area contributed by atoms with Gasteiger partial charge in [-0.25, -0.2) is 4.39 Å². The van der Waals surface area contributed by atoms with Gasteiger partial charge in [-0.15, -0.1) is 0 Å². The molecule has 0 saturated carbocycles. The molecule has 1 aromatic heterocycles. The van der Waals surface area contributed by atoms with E-state index < -0.39 is 5.67 Å². The number of aromatic nitrogens is 1. The number of allylic oxidation sites excluding steroid dienone is 3. The van der Waals surface area contributed by atoms with Crippen molar-refractivity contribution in [3.05, 3.63) is 104 Å². The van der Waals surface area contributed by atoms with Crippen molar-refractivity contribution in [1.29, 1.82) is 0 Å². The predicted octanol–water partition coefficient (Wildman–Crippen LogP) is 9.01. The lowest BCUT2D eigenvalue weighted by molar-refractivity contribution is 0.266. The molecule has 35 heavy (non-hydrogen) atoms. The first-order valence-corrected chi connectivity index (χ1v) is 12.0. The van der Waals surface area contributed by atoms with Crippen molar-refractivity contribution >= 4 is 63.2 Å². The molecule has 2 heterocycles. The number of fused-ring (bicyclic) bond motifs is 1. The van der Waals surface area contributed by atoms with Crippen LogP contribution in [0.5, 0.6) is 0 Å². The maximum Gasteiger partial charge on any atom is 0.129 e. The lowest BCUT2D eigenvalue weighted by Gasteiger charge is -2.22. The van der Waals surface area contributed by atoms with Crippen LogP contribution in [-0.2, 0) is 0 Å². The van der Waals surface area contributed by atoms with Crippen molar-refractivity contribution in [2.75, 3.05) is 6.54 Å². The zero-order valence-corrected chi connectivity index (χ0v) is 21.9. The van der Waals surface area contributed by atoms with Gasteiger partial charge in [0.2, 0.25) is 0 Å². The third-order valence-electron chi connectivity index (χ3n) is 5.98. The molecule has 1 N–H and O–H groups in total. The monoisotopic (exact) mass is 528 g/mol. The standard InChI is InChI=1S/C28H24Cl3FN2O/c1-15-14-34(23-8-6-7-18(24(15)23)10-9-16(2)35)17(3)25-20(28(4,5)32)13-33-27(25)26-21(30)11-19(29)12-22(26)31/h6-12,14,35H,2-3,13H2,1,4-5H3/b10-9+. The van der Waals surface area contributed by atoms with Gasteiger partial charge in [0.15, 0.2) is 0 Å². The molecule has 0 bridgehead atoms. The van der Waals surface area contributed by atoms with Crippen LogP contribution in [0, 0.1) is 6.92 Å². The zero-order valence-electron chi connectivity index (χ0n) is 19.6. The third-order valence-corrected chi connectivity index (χ3v) is 6.80. The van der Waals surface area contributed by atoms with Gasteiger partial charge in [0.25, 0.3) is 0 Å². The Bertz CT molecular complexity index is 1460. The minimum Gasteiger partial charge on any atom is -0.509 e. The van der Waals surface area contributed by atoms with Crippen LogP contribution in [-0.4, -0.2) is 27.6 Å². The molecule has 0 saturated heterocycles. The van der Waals surface area contributed by atoms with E-state index >= 15 is 4.39 Å². The highest BCUT2D eigenvalue weighted by Gasteiger charge is 2.35. The van der Waals surface area contributed by atoms with Crippen molar-refractivity contribution in [2.45, 2.75) is 26.4 Å². The minimum absolute atomic E-state index is 0.0352. The van der Waals surface area contributed by atoms with Gasteiger partial charge < -0.3 is 9.67 Å². The molecular formula is C28H24Cl3FN2O. The summed E-state index contributed by atoms with van der Waals surface area (Å²) in [4.78, 5) is 4.65. The van der Waals surface area contributed by atoms with Crippen molar-refractivity contribution in [3.63, 3.8) is 0 Å². The first kappa shape index (κ1) is 25.3. The van der Waals surface area contributed by atoms with Crippen LogP contribution in [0.1, 0.15) is 30.5 Å². The van der Waals surface area contributed by atoms with Crippen LogP contribution >= 0.6 is 34.8 Å². The largest absolute Gasteiger partial charge is 0.509 e. The lowest BCUT2D eigenvalue weighted by atomic mass is 9.90. The third kappa shape index (κ3) is 4.71.